The molecule has 0 bridgehead atoms. The van der Waals surface area contributed by atoms with E-state index in [9.17, 15) is 0 Å². The van der Waals surface area contributed by atoms with Gasteiger partial charge in [-0.25, -0.2) is 0 Å². The third kappa shape index (κ3) is 5.90. The molecule has 142 valence electrons. The van der Waals surface area contributed by atoms with E-state index >= 15 is 0 Å². The van der Waals surface area contributed by atoms with Gasteiger partial charge in [-0.2, -0.15) is 0 Å². The van der Waals surface area contributed by atoms with Crippen LogP contribution in [0.3, 0.4) is 0 Å². The smallest absolute Gasteiger partial charge is 0.191 e. The van der Waals surface area contributed by atoms with Gasteiger partial charge in [-0.3, -0.25) is 4.99 Å². The van der Waals surface area contributed by atoms with E-state index in [1.54, 1.807) is 11.8 Å². The summed E-state index contributed by atoms with van der Waals surface area (Å²) in [5, 5.41) is 16.7. The second kappa shape index (κ2) is 10.7. The number of nitrogens with zero attached hydrogens (tertiary/aromatic N) is 4. The van der Waals surface area contributed by atoms with Crippen LogP contribution >= 0.6 is 11.8 Å². The minimum absolute atomic E-state index is 0.437. The maximum atomic E-state index is 4.70. The van der Waals surface area contributed by atoms with E-state index < -0.39 is 0 Å². The number of aryl methyl sites for hydroxylation is 1. The van der Waals surface area contributed by atoms with Crippen LogP contribution in [0.5, 0.6) is 0 Å². The van der Waals surface area contributed by atoms with Crippen LogP contribution < -0.4 is 10.6 Å². The molecule has 0 aliphatic heterocycles. The summed E-state index contributed by atoms with van der Waals surface area (Å²) in [7, 11) is 0. The van der Waals surface area contributed by atoms with Gasteiger partial charge in [-0.05, 0) is 45.8 Å². The first-order valence-electron chi connectivity index (χ1n) is 9.72. The molecule has 2 rings (SSSR count). The molecule has 1 aliphatic rings. The molecule has 1 aromatic heterocycles. The lowest BCUT2D eigenvalue weighted by Gasteiger charge is -2.17. The van der Waals surface area contributed by atoms with Crippen molar-refractivity contribution in [1.29, 1.82) is 0 Å². The molecule has 1 aromatic rings. The van der Waals surface area contributed by atoms with Gasteiger partial charge in [0.05, 0.1) is 0 Å². The summed E-state index contributed by atoms with van der Waals surface area (Å²) in [5.41, 5.74) is 0. The summed E-state index contributed by atoms with van der Waals surface area (Å²) in [5.74, 6) is 2.05. The standard InChI is InChI=1S/C18H34N6S/c1-5-14(3)21-17(19-6-2)20-13-9-12-16-22-23-18(25-4)24(16)15-10-7-8-11-15/h14-15H,5-13H2,1-4H3,(H2,19,20,21). The van der Waals surface area contributed by atoms with Crippen molar-refractivity contribution in [2.45, 2.75) is 83.0 Å². The number of thioether (sulfide) groups is 1. The van der Waals surface area contributed by atoms with Crippen molar-refractivity contribution in [3.05, 3.63) is 5.82 Å². The monoisotopic (exact) mass is 366 g/mol. The quantitative estimate of drug-likeness (QED) is 0.303. The van der Waals surface area contributed by atoms with E-state index in [-0.39, 0.29) is 0 Å². The Morgan fingerprint density at radius 1 is 1.32 bits per heavy atom. The number of hydrogen-bond acceptors (Lipinski definition) is 4. The average Bonchev–Trinajstić information content (AvgIpc) is 3.27. The Balaban J connectivity index is 1.92. The van der Waals surface area contributed by atoms with Crippen LogP contribution in [0.4, 0.5) is 0 Å². The number of aliphatic imine (C=N–C) groups is 1. The summed E-state index contributed by atoms with van der Waals surface area (Å²) >= 11 is 1.70. The maximum Gasteiger partial charge on any atom is 0.191 e. The van der Waals surface area contributed by atoms with E-state index in [0.29, 0.717) is 12.1 Å². The Hall–Kier alpha value is -1.24. The molecule has 1 aliphatic carbocycles. The molecule has 7 heteroatoms. The van der Waals surface area contributed by atoms with Gasteiger partial charge in [0.1, 0.15) is 5.82 Å². The predicted molar refractivity (Wildman–Crippen MR) is 106 cm³/mol. The third-order valence-electron chi connectivity index (χ3n) is 4.78. The molecule has 25 heavy (non-hydrogen) atoms. The number of hydrogen-bond donors (Lipinski definition) is 2. The molecule has 0 aromatic carbocycles. The molecule has 2 N–H and O–H groups in total. The first-order valence-corrected chi connectivity index (χ1v) is 10.9. The molecule has 6 nitrogen and oxygen atoms in total. The van der Waals surface area contributed by atoms with Gasteiger partial charge in [-0.15, -0.1) is 10.2 Å². The summed E-state index contributed by atoms with van der Waals surface area (Å²) < 4.78 is 2.39. The highest BCUT2D eigenvalue weighted by Crippen LogP contribution is 2.33. The van der Waals surface area contributed by atoms with Gasteiger partial charge in [0.2, 0.25) is 0 Å². The summed E-state index contributed by atoms with van der Waals surface area (Å²) in [6.45, 7) is 8.15. The van der Waals surface area contributed by atoms with Gasteiger partial charge in [0, 0.05) is 31.6 Å². The number of nitrogens with one attached hydrogen (secondary N) is 2. The van der Waals surface area contributed by atoms with Crippen LogP contribution in [0.1, 0.15) is 71.2 Å². The Bertz CT molecular complexity index is 536. The summed E-state index contributed by atoms with van der Waals surface area (Å²) in [6.07, 6.45) is 10.3. The van der Waals surface area contributed by atoms with Crippen molar-refractivity contribution in [3.8, 4) is 0 Å². The molecular formula is C18H34N6S. The molecule has 1 atom stereocenters. The largest absolute Gasteiger partial charge is 0.357 e. The Labute approximate surface area is 156 Å². The average molecular weight is 367 g/mol. The zero-order valence-electron chi connectivity index (χ0n) is 16.2. The second-order valence-corrected chi connectivity index (χ2v) is 7.50. The number of rotatable bonds is 9. The molecule has 0 saturated heterocycles. The van der Waals surface area contributed by atoms with Crippen LogP contribution in [-0.2, 0) is 6.42 Å². The fraction of sp³-hybridized carbons (Fsp3) is 0.833. The minimum Gasteiger partial charge on any atom is -0.357 e. The normalized spacial score (nSPS) is 17.0. The van der Waals surface area contributed by atoms with Crippen LogP contribution in [0.25, 0.3) is 0 Å². The highest BCUT2D eigenvalue weighted by molar-refractivity contribution is 7.98. The van der Waals surface area contributed by atoms with Crippen molar-refractivity contribution in [3.63, 3.8) is 0 Å². The first kappa shape index (κ1) is 20.1. The first-order chi connectivity index (χ1) is 12.2. The fourth-order valence-corrected chi connectivity index (χ4v) is 3.80. The highest BCUT2D eigenvalue weighted by atomic mass is 32.2. The van der Waals surface area contributed by atoms with Crippen molar-refractivity contribution < 1.29 is 0 Å². The Morgan fingerprint density at radius 2 is 2.08 bits per heavy atom. The Morgan fingerprint density at radius 3 is 2.72 bits per heavy atom. The fourth-order valence-electron chi connectivity index (χ4n) is 3.23. The van der Waals surface area contributed by atoms with Crippen molar-refractivity contribution in [2.75, 3.05) is 19.3 Å². The molecule has 0 amide bonds. The lowest BCUT2D eigenvalue weighted by atomic mass is 10.2. The lowest BCUT2D eigenvalue weighted by Crippen LogP contribution is -2.42. The predicted octanol–water partition coefficient (Wildman–Crippen LogP) is 3.40. The second-order valence-electron chi connectivity index (χ2n) is 6.73. The minimum atomic E-state index is 0.437. The number of aromatic nitrogens is 3. The van der Waals surface area contributed by atoms with E-state index in [1.807, 2.05) is 0 Å². The molecule has 1 fully saturated rings. The van der Waals surface area contributed by atoms with Crippen molar-refractivity contribution in [1.82, 2.24) is 25.4 Å². The van der Waals surface area contributed by atoms with Crippen molar-refractivity contribution in [2.24, 2.45) is 4.99 Å². The van der Waals surface area contributed by atoms with Crippen LogP contribution in [0.15, 0.2) is 10.1 Å². The molecule has 0 radical (unpaired) electrons. The van der Waals surface area contributed by atoms with Crippen LogP contribution in [0.2, 0.25) is 0 Å². The van der Waals surface area contributed by atoms with Gasteiger partial charge in [0.25, 0.3) is 0 Å². The SMILES string of the molecule is CCNC(=NCCCc1nnc(SC)n1C1CCCC1)NC(C)CC. The molecule has 1 heterocycles. The summed E-state index contributed by atoms with van der Waals surface area (Å²) in [4.78, 5) is 4.70. The van der Waals surface area contributed by atoms with Crippen LogP contribution in [0, 0.1) is 0 Å². The van der Waals surface area contributed by atoms with Gasteiger partial charge < -0.3 is 15.2 Å². The van der Waals surface area contributed by atoms with E-state index in [4.69, 9.17) is 4.99 Å². The molecule has 1 saturated carbocycles. The van der Waals surface area contributed by atoms with Gasteiger partial charge in [0.15, 0.2) is 11.1 Å². The third-order valence-corrected chi connectivity index (χ3v) is 5.42. The molecule has 1 unspecified atom stereocenters. The van der Waals surface area contributed by atoms with Crippen LogP contribution in [-0.4, -0.2) is 46.1 Å². The summed E-state index contributed by atoms with van der Waals surface area (Å²) in [6, 6.07) is 1.03. The maximum absolute atomic E-state index is 4.70. The zero-order valence-corrected chi connectivity index (χ0v) is 17.0. The lowest BCUT2D eigenvalue weighted by molar-refractivity contribution is 0.461. The van der Waals surface area contributed by atoms with Gasteiger partial charge in [-0.1, -0.05) is 31.5 Å². The van der Waals surface area contributed by atoms with Crippen molar-refractivity contribution >= 4 is 17.7 Å². The van der Waals surface area contributed by atoms with E-state index in [1.165, 1.54) is 25.7 Å². The molecule has 0 spiro atoms. The highest BCUT2D eigenvalue weighted by Gasteiger charge is 2.23. The molecular weight excluding hydrogens is 332 g/mol. The zero-order chi connectivity index (χ0) is 18.1. The van der Waals surface area contributed by atoms with E-state index in [0.717, 1.165) is 49.3 Å². The van der Waals surface area contributed by atoms with Gasteiger partial charge >= 0.3 is 0 Å². The number of guanidine groups is 1. The Kier molecular flexibility index (Phi) is 8.58. The topological polar surface area (TPSA) is 67.1 Å². The van der Waals surface area contributed by atoms with E-state index in [2.05, 4.69) is 52.4 Å².